The van der Waals surface area contributed by atoms with Gasteiger partial charge in [0, 0.05) is 71.8 Å². The van der Waals surface area contributed by atoms with Crippen LogP contribution >= 0.6 is 7.37 Å². The highest BCUT2D eigenvalue weighted by atomic mass is 31.2. The standard InChI is InChI=1S/C53H84NO14P/c1-32-18-14-13-15-19-33(2)44(63-8)30-40-23-21-38(7)53(61,67-40)50(58)51(59)54-25-17-16-20-41(54)52(60)66-45(35(4)28-39-22-24-43(46(29-39)64-9)68-69(11,12)62)31-42(55)34(3)27-37(6)48(57)49(65-10)47(56)36(5)26-32/h13-15,18-19,27,32,34-36,38-41,43-46,48-49,57,61H,16-17,20-26,28-31H2,1-12H3/b15-13?,18-14+,33-19?,37-27+/t32-,34-,35-,36-,38-,39?,40+,41+,43-,44+,45+,46-,48-,49+,53-/m1/s1. The highest BCUT2D eigenvalue weighted by Crippen LogP contribution is 2.45. The van der Waals surface area contributed by atoms with Crippen LogP contribution in [0.1, 0.15) is 126 Å². The summed E-state index contributed by atoms with van der Waals surface area (Å²) >= 11 is 0. The molecule has 0 aromatic rings. The number of rotatable bonds is 8. The van der Waals surface area contributed by atoms with Gasteiger partial charge in [-0.1, -0.05) is 71.1 Å². The Kier molecular flexibility index (Phi) is 22.5. The van der Waals surface area contributed by atoms with E-state index in [1.807, 2.05) is 58.1 Å². The van der Waals surface area contributed by atoms with E-state index >= 15 is 0 Å². The number of hydrogen-bond acceptors (Lipinski definition) is 14. The number of Topliss-reactive ketones (excluding diaryl/α,β-unsaturated/α-hetero) is 3. The third-order valence-electron chi connectivity index (χ3n) is 14.8. The van der Waals surface area contributed by atoms with E-state index in [0.29, 0.717) is 63.4 Å². The number of cyclic esters (lactones) is 1. The molecule has 1 unspecified atom stereocenters. The van der Waals surface area contributed by atoms with E-state index in [0.717, 1.165) is 12.0 Å². The number of carbonyl (C=O) groups excluding carboxylic acids is 5. The van der Waals surface area contributed by atoms with Gasteiger partial charge in [0.15, 0.2) is 13.2 Å². The smallest absolute Gasteiger partial charge is 0.329 e. The summed E-state index contributed by atoms with van der Waals surface area (Å²) in [4.78, 5) is 72.2. The molecule has 3 fully saturated rings. The molecule has 3 aliphatic heterocycles. The third-order valence-corrected chi connectivity index (χ3v) is 15.6. The fraction of sp³-hybridized carbons (Fsp3) is 0.755. The van der Waals surface area contributed by atoms with Crippen LogP contribution in [-0.4, -0.2) is 140 Å². The Hall–Kier alpha value is -3.14. The highest BCUT2D eigenvalue weighted by Gasteiger charge is 2.53. The molecule has 3 heterocycles. The number of fused-ring (bicyclic) bond motifs is 3. The number of aliphatic hydroxyl groups excluding tert-OH is 1. The minimum Gasteiger partial charge on any atom is -0.460 e. The Bertz CT molecular complexity index is 1940. The summed E-state index contributed by atoms with van der Waals surface area (Å²) in [5.41, 5.74) is 1.25. The normalized spacial score (nSPS) is 37.8. The molecule has 2 bridgehead atoms. The van der Waals surface area contributed by atoms with Crippen molar-refractivity contribution < 1.29 is 67.0 Å². The number of hydrogen-bond donors (Lipinski definition) is 2. The molecule has 0 spiro atoms. The predicted octanol–water partition coefficient (Wildman–Crippen LogP) is 7.74. The van der Waals surface area contributed by atoms with E-state index in [4.69, 9.17) is 28.2 Å². The zero-order valence-electron chi connectivity index (χ0n) is 43.4. The Morgan fingerprint density at radius 1 is 0.855 bits per heavy atom. The molecule has 4 rings (SSSR count). The predicted molar refractivity (Wildman–Crippen MR) is 263 cm³/mol. The molecule has 4 aliphatic rings. The van der Waals surface area contributed by atoms with Crippen molar-refractivity contribution in [3.63, 3.8) is 0 Å². The number of esters is 1. The Balaban J connectivity index is 1.70. The number of piperidine rings is 1. The molecule has 0 aromatic carbocycles. The van der Waals surface area contributed by atoms with Gasteiger partial charge in [-0.05, 0) is 107 Å². The van der Waals surface area contributed by atoms with Gasteiger partial charge in [0.05, 0.1) is 24.4 Å². The van der Waals surface area contributed by atoms with Crippen LogP contribution in [-0.2, 0) is 56.7 Å². The van der Waals surface area contributed by atoms with E-state index in [9.17, 15) is 38.8 Å². The molecule has 2 saturated heterocycles. The lowest BCUT2D eigenvalue weighted by molar-refractivity contribution is -0.265. The lowest BCUT2D eigenvalue weighted by Crippen LogP contribution is -2.61. The van der Waals surface area contributed by atoms with Crippen LogP contribution in [0, 0.1) is 35.5 Å². The lowest BCUT2D eigenvalue weighted by atomic mass is 9.78. The molecular formula is C53H84NO14P. The molecule has 390 valence electrons. The Morgan fingerprint density at radius 2 is 1.57 bits per heavy atom. The first-order chi connectivity index (χ1) is 32.4. The Morgan fingerprint density at radius 3 is 2.22 bits per heavy atom. The van der Waals surface area contributed by atoms with Crippen molar-refractivity contribution in [2.75, 3.05) is 41.2 Å². The van der Waals surface area contributed by atoms with Gasteiger partial charge < -0.3 is 43.3 Å². The van der Waals surface area contributed by atoms with E-state index in [1.54, 1.807) is 54.4 Å². The highest BCUT2D eigenvalue weighted by molar-refractivity contribution is 7.57. The van der Waals surface area contributed by atoms with E-state index < -0.39 is 85.1 Å². The van der Waals surface area contributed by atoms with Crippen molar-refractivity contribution in [1.82, 2.24) is 4.90 Å². The van der Waals surface area contributed by atoms with E-state index in [-0.39, 0.29) is 60.9 Å². The van der Waals surface area contributed by atoms with Gasteiger partial charge in [0.25, 0.3) is 11.7 Å². The summed E-state index contributed by atoms with van der Waals surface area (Å²) in [6.45, 7) is 15.9. The summed E-state index contributed by atoms with van der Waals surface area (Å²) in [7, 11) is 1.76. The maximum Gasteiger partial charge on any atom is 0.329 e. The molecule has 15 nitrogen and oxygen atoms in total. The topological polar surface area (TPSA) is 201 Å². The quantitative estimate of drug-likeness (QED) is 0.104. The molecule has 0 radical (unpaired) electrons. The van der Waals surface area contributed by atoms with Gasteiger partial charge in [-0.25, -0.2) is 4.79 Å². The van der Waals surface area contributed by atoms with Crippen LogP contribution in [0.15, 0.2) is 47.6 Å². The van der Waals surface area contributed by atoms with Crippen LogP contribution < -0.4 is 0 Å². The second-order valence-electron chi connectivity index (χ2n) is 20.9. The minimum absolute atomic E-state index is 0.0117. The fourth-order valence-electron chi connectivity index (χ4n) is 10.5. The second kappa shape index (κ2) is 26.5. The van der Waals surface area contributed by atoms with Gasteiger partial charge in [0.1, 0.15) is 30.1 Å². The number of amides is 1. The van der Waals surface area contributed by atoms with Crippen molar-refractivity contribution >= 4 is 36.6 Å². The van der Waals surface area contributed by atoms with Crippen LogP contribution in [0.5, 0.6) is 0 Å². The lowest BCUT2D eigenvalue weighted by Gasteiger charge is -2.42. The maximum absolute atomic E-state index is 14.5. The Labute approximate surface area is 411 Å². The summed E-state index contributed by atoms with van der Waals surface area (Å²) in [5, 5.41) is 23.5. The van der Waals surface area contributed by atoms with Crippen LogP contribution in [0.25, 0.3) is 0 Å². The number of ether oxygens (including phenoxy) is 5. The number of ketones is 3. The van der Waals surface area contributed by atoms with Gasteiger partial charge in [-0.15, -0.1) is 0 Å². The maximum atomic E-state index is 14.5. The first-order valence-electron chi connectivity index (χ1n) is 25.2. The fourth-order valence-corrected chi connectivity index (χ4v) is 11.4. The van der Waals surface area contributed by atoms with Crippen LogP contribution in [0.3, 0.4) is 0 Å². The summed E-state index contributed by atoms with van der Waals surface area (Å²) < 4.78 is 48.2. The average molecular weight is 990 g/mol. The number of methoxy groups -OCH3 is 3. The summed E-state index contributed by atoms with van der Waals surface area (Å²) in [6.07, 6.45) is 11.4. The average Bonchev–Trinajstić information content (AvgIpc) is 3.30. The van der Waals surface area contributed by atoms with Crippen LogP contribution in [0.4, 0.5) is 0 Å². The number of carbonyl (C=O) groups is 5. The van der Waals surface area contributed by atoms with Crippen molar-refractivity contribution in [2.24, 2.45) is 35.5 Å². The van der Waals surface area contributed by atoms with Gasteiger partial charge in [-0.3, -0.25) is 23.7 Å². The first-order valence-corrected chi connectivity index (χ1v) is 27.7. The van der Waals surface area contributed by atoms with Crippen molar-refractivity contribution in [3.8, 4) is 0 Å². The van der Waals surface area contributed by atoms with E-state index in [1.165, 1.54) is 12.0 Å². The van der Waals surface area contributed by atoms with Gasteiger partial charge in [-0.2, -0.15) is 0 Å². The van der Waals surface area contributed by atoms with E-state index in [2.05, 4.69) is 0 Å². The SMILES string of the molecule is CO[C@H]1C[C@@H]2CC[C@@H](C)[C@@](O)(O2)C(=O)C(=O)N2CCCC[C@H]2C(=O)O[C@H]([C@H](C)CC2CC[C@@H](OP(C)(C)=O)[C@H](OC)C2)CC(=O)[C@H](C)/C=C(\C)[C@@H](O)[C@@H](OC)C(=O)[C@H](C)C[C@H](C)/C=C/C=CC=C1C. The van der Waals surface area contributed by atoms with Gasteiger partial charge in [0.2, 0.25) is 5.79 Å². The largest absolute Gasteiger partial charge is 0.460 e. The molecule has 1 amide bonds. The minimum atomic E-state index is -2.79. The van der Waals surface area contributed by atoms with Crippen LogP contribution in [0.2, 0.25) is 0 Å². The molecule has 1 aliphatic carbocycles. The third kappa shape index (κ3) is 16.2. The molecule has 0 aromatic heterocycles. The number of allylic oxidation sites excluding steroid dienone is 6. The molecule has 16 heteroatoms. The molecule has 69 heavy (non-hydrogen) atoms. The first kappa shape index (κ1) is 58.4. The zero-order chi connectivity index (χ0) is 51.4. The number of aliphatic hydroxyl groups is 2. The molecule has 1 saturated carbocycles. The number of nitrogens with zero attached hydrogens (tertiary/aromatic N) is 1. The molecular weight excluding hydrogens is 906 g/mol. The van der Waals surface area contributed by atoms with Gasteiger partial charge >= 0.3 is 5.97 Å². The zero-order valence-corrected chi connectivity index (χ0v) is 44.3. The van der Waals surface area contributed by atoms with Crippen molar-refractivity contribution in [3.05, 3.63) is 47.6 Å². The van der Waals surface area contributed by atoms with Crippen molar-refractivity contribution in [2.45, 2.75) is 180 Å². The summed E-state index contributed by atoms with van der Waals surface area (Å²) in [6, 6.07) is -1.16. The molecule has 2 N–H and O–H groups in total. The molecule has 15 atom stereocenters. The second-order valence-corrected chi connectivity index (χ2v) is 23.6. The summed E-state index contributed by atoms with van der Waals surface area (Å²) in [5.74, 6) is -8.11. The monoisotopic (exact) mass is 990 g/mol. The van der Waals surface area contributed by atoms with Crippen molar-refractivity contribution in [1.29, 1.82) is 0 Å².